The Labute approximate surface area is 106 Å². The number of benzene rings is 1. The van der Waals surface area contributed by atoms with Crippen molar-refractivity contribution in [3.63, 3.8) is 0 Å². The molecule has 0 spiro atoms. The molecular weight excluding hydrogens is 267 g/mol. The first-order chi connectivity index (χ1) is 8.37. The smallest absolute Gasteiger partial charge is 0.389 e. The third-order valence-electron chi connectivity index (χ3n) is 2.49. The number of β-amino-alcohol motifs (C(OH)–C–C–N with tert-alkyl or cyclic N) is 1. The van der Waals surface area contributed by atoms with Crippen LogP contribution in [0.25, 0.3) is 0 Å². The SMILES string of the molecule is O=C(c1ccccc1SC(F)(F)F)N1CC(O)C1. The number of hydrogen-bond donors (Lipinski definition) is 1. The van der Waals surface area contributed by atoms with Gasteiger partial charge >= 0.3 is 5.51 Å². The van der Waals surface area contributed by atoms with Gasteiger partial charge < -0.3 is 10.0 Å². The van der Waals surface area contributed by atoms with E-state index in [9.17, 15) is 18.0 Å². The van der Waals surface area contributed by atoms with Gasteiger partial charge in [0.1, 0.15) is 0 Å². The summed E-state index contributed by atoms with van der Waals surface area (Å²) >= 11 is -0.302. The Balaban J connectivity index is 2.19. The standard InChI is InChI=1S/C11H10F3NO2S/c12-11(13,14)18-9-4-2-1-3-8(9)10(17)15-5-7(16)6-15/h1-4,7,16H,5-6H2. The Morgan fingerprint density at radius 2 is 1.94 bits per heavy atom. The van der Waals surface area contributed by atoms with E-state index in [4.69, 9.17) is 5.11 Å². The number of aliphatic hydroxyl groups excluding tert-OH is 1. The maximum absolute atomic E-state index is 12.3. The van der Waals surface area contributed by atoms with Crippen LogP contribution in [0.2, 0.25) is 0 Å². The van der Waals surface area contributed by atoms with E-state index >= 15 is 0 Å². The molecule has 0 unspecified atom stereocenters. The van der Waals surface area contributed by atoms with E-state index in [0.29, 0.717) is 0 Å². The van der Waals surface area contributed by atoms with E-state index in [-0.39, 0.29) is 35.3 Å². The lowest BCUT2D eigenvalue weighted by Crippen LogP contribution is -2.53. The molecule has 1 aromatic carbocycles. The van der Waals surface area contributed by atoms with Crippen molar-refractivity contribution in [3.8, 4) is 0 Å². The molecule has 1 aliphatic heterocycles. The second-order valence-electron chi connectivity index (χ2n) is 3.91. The van der Waals surface area contributed by atoms with Crippen LogP contribution >= 0.6 is 11.8 Å². The lowest BCUT2D eigenvalue weighted by Gasteiger charge is -2.36. The quantitative estimate of drug-likeness (QED) is 0.842. The molecule has 0 aliphatic carbocycles. The Kier molecular flexibility index (Phi) is 3.54. The molecule has 98 valence electrons. The van der Waals surface area contributed by atoms with Crippen LogP contribution in [0.4, 0.5) is 13.2 Å². The van der Waals surface area contributed by atoms with Crippen LogP contribution in [0, 0.1) is 0 Å². The first-order valence-electron chi connectivity index (χ1n) is 5.19. The van der Waals surface area contributed by atoms with Gasteiger partial charge in [0.2, 0.25) is 0 Å². The third kappa shape index (κ3) is 2.97. The average Bonchev–Trinajstić information content (AvgIpc) is 2.22. The molecule has 3 nitrogen and oxygen atoms in total. The number of amides is 1. The van der Waals surface area contributed by atoms with Crippen LogP contribution in [-0.2, 0) is 0 Å². The topological polar surface area (TPSA) is 40.5 Å². The second-order valence-corrected chi connectivity index (χ2v) is 5.01. The Bertz CT molecular complexity index is 458. The van der Waals surface area contributed by atoms with Crippen LogP contribution in [0.3, 0.4) is 0 Å². The molecule has 1 amide bonds. The van der Waals surface area contributed by atoms with E-state index < -0.39 is 17.5 Å². The molecular formula is C11H10F3NO2S. The van der Waals surface area contributed by atoms with Gasteiger partial charge in [-0.3, -0.25) is 4.79 Å². The predicted molar refractivity (Wildman–Crippen MR) is 60.3 cm³/mol. The highest BCUT2D eigenvalue weighted by atomic mass is 32.2. The average molecular weight is 277 g/mol. The number of aliphatic hydroxyl groups is 1. The van der Waals surface area contributed by atoms with E-state index in [2.05, 4.69) is 0 Å². The minimum absolute atomic E-state index is 0.0201. The fourth-order valence-electron chi connectivity index (χ4n) is 1.65. The lowest BCUT2D eigenvalue weighted by molar-refractivity contribution is -0.0328. The van der Waals surface area contributed by atoms with Crippen molar-refractivity contribution in [2.45, 2.75) is 16.5 Å². The molecule has 7 heteroatoms. The van der Waals surface area contributed by atoms with Crippen molar-refractivity contribution in [1.29, 1.82) is 0 Å². The number of nitrogens with zero attached hydrogens (tertiary/aromatic N) is 1. The van der Waals surface area contributed by atoms with Crippen molar-refractivity contribution in [2.75, 3.05) is 13.1 Å². The molecule has 1 aliphatic rings. The number of thioether (sulfide) groups is 1. The van der Waals surface area contributed by atoms with E-state index in [0.717, 1.165) is 0 Å². The normalized spacial score (nSPS) is 16.6. The number of carbonyl (C=O) groups excluding carboxylic acids is 1. The van der Waals surface area contributed by atoms with E-state index in [1.54, 1.807) is 0 Å². The zero-order chi connectivity index (χ0) is 13.3. The summed E-state index contributed by atoms with van der Waals surface area (Å²) < 4.78 is 37.0. The highest BCUT2D eigenvalue weighted by Crippen LogP contribution is 2.38. The van der Waals surface area contributed by atoms with Crippen molar-refractivity contribution in [3.05, 3.63) is 29.8 Å². The van der Waals surface area contributed by atoms with Crippen molar-refractivity contribution < 1.29 is 23.1 Å². The Morgan fingerprint density at radius 3 is 2.50 bits per heavy atom. The zero-order valence-corrected chi connectivity index (χ0v) is 9.96. The van der Waals surface area contributed by atoms with Crippen LogP contribution in [0.15, 0.2) is 29.2 Å². The van der Waals surface area contributed by atoms with Crippen LogP contribution in [-0.4, -0.2) is 40.6 Å². The van der Waals surface area contributed by atoms with Gasteiger partial charge in [0.15, 0.2) is 0 Å². The molecule has 0 bridgehead atoms. The fraction of sp³-hybridized carbons (Fsp3) is 0.364. The summed E-state index contributed by atoms with van der Waals surface area (Å²) in [5, 5.41) is 9.09. The van der Waals surface area contributed by atoms with Gasteiger partial charge in [-0.05, 0) is 23.9 Å². The summed E-state index contributed by atoms with van der Waals surface area (Å²) in [4.78, 5) is 13.1. The van der Waals surface area contributed by atoms with E-state index in [1.165, 1.54) is 29.2 Å². The van der Waals surface area contributed by atoms with Gasteiger partial charge in [-0.2, -0.15) is 13.2 Å². The van der Waals surface area contributed by atoms with Crippen LogP contribution in [0.5, 0.6) is 0 Å². The summed E-state index contributed by atoms with van der Waals surface area (Å²) in [7, 11) is 0. The maximum Gasteiger partial charge on any atom is 0.446 e. The van der Waals surface area contributed by atoms with Gasteiger partial charge in [-0.15, -0.1) is 0 Å². The number of rotatable bonds is 2. The van der Waals surface area contributed by atoms with Gasteiger partial charge in [-0.25, -0.2) is 0 Å². The molecule has 2 rings (SSSR count). The minimum Gasteiger partial charge on any atom is -0.389 e. The van der Waals surface area contributed by atoms with Crippen molar-refractivity contribution >= 4 is 17.7 Å². The molecule has 0 atom stereocenters. The first kappa shape index (κ1) is 13.2. The summed E-state index contributed by atoms with van der Waals surface area (Å²) in [5.41, 5.74) is -4.41. The van der Waals surface area contributed by atoms with Crippen molar-refractivity contribution in [1.82, 2.24) is 4.90 Å². The maximum atomic E-state index is 12.3. The van der Waals surface area contributed by atoms with Gasteiger partial charge in [0.25, 0.3) is 5.91 Å². The molecule has 1 heterocycles. The summed E-state index contributed by atoms with van der Waals surface area (Å²) in [6, 6.07) is 5.60. The van der Waals surface area contributed by atoms with Crippen molar-refractivity contribution in [2.24, 2.45) is 0 Å². The van der Waals surface area contributed by atoms with Gasteiger partial charge in [0.05, 0.1) is 11.7 Å². The monoisotopic (exact) mass is 277 g/mol. The third-order valence-corrected chi connectivity index (χ3v) is 3.30. The number of hydrogen-bond acceptors (Lipinski definition) is 3. The Hall–Kier alpha value is -1.21. The Morgan fingerprint density at radius 1 is 1.33 bits per heavy atom. The first-order valence-corrected chi connectivity index (χ1v) is 6.00. The number of alkyl halides is 3. The second kappa shape index (κ2) is 4.81. The largest absolute Gasteiger partial charge is 0.446 e. The fourth-order valence-corrected chi connectivity index (χ4v) is 2.31. The van der Waals surface area contributed by atoms with E-state index in [1.807, 2.05) is 0 Å². The highest BCUT2D eigenvalue weighted by Gasteiger charge is 2.34. The lowest BCUT2D eigenvalue weighted by atomic mass is 10.1. The number of carbonyl (C=O) groups is 1. The van der Waals surface area contributed by atoms with Gasteiger partial charge in [-0.1, -0.05) is 12.1 Å². The summed E-state index contributed by atoms with van der Waals surface area (Å²) in [6.07, 6.45) is -0.573. The summed E-state index contributed by atoms with van der Waals surface area (Å²) in [6.45, 7) is 0.341. The molecule has 0 saturated carbocycles. The molecule has 1 fully saturated rings. The van der Waals surface area contributed by atoms with Crippen LogP contribution < -0.4 is 0 Å². The molecule has 18 heavy (non-hydrogen) atoms. The molecule has 0 radical (unpaired) electrons. The minimum atomic E-state index is -4.43. The van der Waals surface area contributed by atoms with Crippen LogP contribution in [0.1, 0.15) is 10.4 Å². The molecule has 1 aromatic rings. The zero-order valence-electron chi connectivity index (χ0n) is 9.15. The predicted octanol–water partition coefficient (Wildman–Crippen LogP) is 2.12. The highest BCUT2D eigenvalue weighted by molar-refractivity contribution is 8.00. The molecule has 1 N–H and O–H groups in total. The van der Waals surface area contributed by atoms with Gasteiger partial charge in [0, 0.05) is 18.0 Å². The number of halogens is 3. The molecule has 0 aromatic heterocycles. The molecule has 1 saturated heterocycles. The summed E-state index contributed by atoms with van der Waals surface area (Å²) in [5.74, 6) is -0.479. The number of likely N-dealkylation sites (tertiary alicyclic amines) is 1.